The van der Waals surface area contributed by atoms with Gasteiger partial charge in [-0.1, -0.05) is 13.8 Å². The van der Waals surface area contributed by atoms with Crippen LogP contribution in [0.5, 0.6) is 0 Å². The smallest absolute Gasteiger partial charge is 0 e. The Morgan fingerprint density at radius 3 is 1.25 bits per heavy atom. The van der Waals surface area contributed by atoms with Crippen LogP contribution in [-0.2, 0) is 44.3 Å². The number of rotatable bonds is 0. The molecule has 0 aromatic carbocycles. The third kappa shape index (κ3) is 43.1. The molecule has 0 aliphatic heterocycles. The minimum absolute atomic E-state index is 0. The number of hydrogen-bond acceptors (Lipinski definition) is 0. The second-order valence-corrected chi connectivity index (χ2v) is 2.67. The van der Waals surface area contributed by atoms with E-state index >= 15 is 0 Å². The summed E-state index contributed by atoms with van der Waals surface area (Å²) < 4.78 is 37.5. The molecule has 0 aliphatic carbocycles. The van der Waals surface area contributed by atoms with Gasteiger partial charge in [0.05, 0.1) is 0 Å². The van der Waals surface area contributed by atoms with Gasteiger partial charge in [0, 0.05) is 21.1 Å². The van der Waals surface area contributed by atoms with E-state index in [0.717, 1.165) is 0 Å². The van der Waals surface area contributed by atoms with Gasteiger partial charge in [0.2, 0.25) is 0 Å². The Bertz CT molecular complexity index is 318. The van der Waals surface area contributed by atoms with Gasteiger partial charge in [0.1, 0.15) is 0 Å². The van der Waals surface area contributed by atoms with Gasteiger partial charge in [-0.15, -0.1) is 5.80 Å². The summed E-state index contributed by atoms with van der Waals surface area (Å²) >= 11 is 0. The molecule has 0 saturated heterocycles. The molecule has 0 unspecified atom stereocenters. The van der Waals surface area contributed by atoms with Gasteiger partial charge in [-0.05, 0) is 0 Å². The average Bonchev–Trinajstić information content (AvgIpc) is 2.52. The molecule has 1 aromatic heterocycles. The predicted octanol–water partition coefficient (Wildman–Crippen LogP) is -0.502. The van der Waals surface area contributed by atoms with Gasteiger partial charge in [-0.2, -0.15) is 23.0 Å². The van der Waals surface area contributed by atoms with Crippen molar-refractivity contribution in [3.63, 3.8) is 0 Å². The molecule has 0 atom stereocenters. The van der Waals surface area contributed by atoms with E-state index in [-0.39, 0.29) is 39.9 Å². The molecule has 0 amide bonds. The normalized spacial score (nSPS) is 4.60. The summed E-state index contributed by atoms with van der Waals surface area (Å²) in [6, 6.07) is 2.04. The van der Waals surface area contributed by atoms with Crippen molar-refractivity contribution in [3.05, 3.63) is 62.0 Å². The zero-order valence-corrected chi connectivity index (χ0v) is 14.9. The molecule has 8 heteroatoms. The second-order valence-electron chi connectivity index (χ2n) is 1.90. The molecule has 0 saturated carbocycles. The van der Waals surface area contributed by atoms with Crippen LogP contribution in [0.3, 0.4) is 0 Å². The van der Waals surface area contributed by atoms with E-state index in [1.165, 1.54) is 19.3 Å². The first-order valence-electron chi connectivity index (χ1n) is 3.62. The zero-order chi connectivity index (χ0) is 16.0. The van der Waals surface area contributed by atoms with Crippen LogP contribution in [0, 0.1) is 52.9 Å². The van der Waals surface area contributed by atoms with E-state index in [2.05, 4.69) is 58.7 Å². The molecule has 0 N–H and O–H groups in total. The third-order valence-electron chi connectivity index (χ3n) is 1.24. The Labute approximate surface area is 147 Å². The van der Waals surface area contributed by atoms with Gasteiger partial charge in [-0.25, -0.2) is 8.19 Å². The van der Waals surface area contributed by atoms with E-state index in [0.29, 0.717) is 0 Å². The average molecular weight is 454 g/mol. The van der Waals surface area contributed by atoms with E-state index in [1.54, 1.807) is 0 Å². The second kappa shape index (κ2) is 62.4. The van der Waals surface area contributed by atoms with E-state index in [4.69, 9.17) is 23.3 Å². The molecule has 98 valence electrons. The van der Waals surface area contributed by atoms with Gasteiger partial charge >= 0.3 is 75.4 Å². The molecule has 0 radical (unpaired) electrons. The molecule has 1 heterocycles. The minimum Gasteiger partial charge on any atom is 0 e. The predicted molar refractivity (Wildman–Crippen MR) is 56.9 cm³/mol. The molecule has 0 spiro atoms. The monoisotopic (exact) mass is 454 g/mol. The van der Waals surface area contributed by atoms with Crippen LogP contribution in [0.1, 0.15) is 11.1 Å². The van der Waals surface area contributed by atoms with Crippen molar-refractivity contribution in [3.8, 4) is 0 Å². The van der Waals surface area contributed by atoms with Crippen LogP contribution in [-0.4, -0.2) is 0 Å². The van der Waals surface area contributed by atoms with Gasteiger partial charge in [-0.3, -0.25) is 0 Å². The van der Waals surface area contributed by atoms with Crippen molar-refractivity contribution in [2.45, 2.75) is 13.8 Å². The van der Waals surface area contributed by atoms with Crippen molar-refractivity contribution in [2.75, 3.05) is 0 Å². The van der Waals surface area contributed by atoms with Crippen LogP contribution >= 0.6 is 8.19 Å². The van der Waals surface area contributed by atoms with Crippen LogP contribution in [0.15, 0.2) is 11.9 Å². The topological polar surface area (TPSA) is 99.5 Å². The Balaban J connectivity index is -0.0000000246. The summed E-state index contributed by atoms with van der Waals surface area (Å²) in [5.41, 5.74) is 2.72. The summed E-state index contributed by atoms with van der Waals surface area (Å²) in [5, 5.41) is 0. The summed E-state index contributed by atoms with van der Waals surface area (Å²) in [7, 11) is 1.20. The standard InChI is InChI=1S/C7H8P.5CO.Li.W/c1-6-3-4-8-5-7(6)2;5*1-2;;/h3,5H,1-2H3;;;;;;;/q-1;;;;;;+1;. The number of hydrogen-bond donors (Lipinski definition) is 0. The minimum atomic E-state index is 0. The van der Waals surface area contributed by atoms with Crippen molar-refractivity contribution in [1.82, 2.24) is 0 Å². The molecular weight excluding hydrogens is 446 g/mol. The molecule has 20 heavy (non-hydrogen) atoms. The maximum atomic E-state index is 7.50. The first kappa shape index (κ1) is 42.7. The van der Waals surface area contributed by atoms with Crippen LogP contribution in [0.2, 0.25) is 0 Å². The van der Waals surface area contributed by atoms with Gasteiger partial charge in [0.15, 0.2) is 0 Å². The molecule has 1 aromatic rings. The van der Waals surface area contributed by atoms with Crippen molar-refractivity contribution >= 4 is 8.19 Å². The molecule has 0 bridgehead atoms. The van der Waals surface area contributed by atoms with E-state index in [1.807, 2.05) is 6.07 Å². The fourth-order valence-electron chi connectivity index (χ4n) is 0.484. The van der Waals surface area contributed by atoms with E-state index in [9.17, 15) is 0 Å². The fourth-order valence-corrected chi connectivity index (χ4v) is 1.22. The zero-order valence-electron chi connectivity index (χ0n) is 11.1. The fraction of sp³-hybridized carbons (Fsp3) is 0.167. The van der Waals surface area contributed by atoms with Gasteiger partial charge < -0.3 is 0 Å². The quantitative estimate of drug-likeness (QED) is 0.287. The first-order chi connectivity index (χ1) is 8.80. The van der Waals surface area contributed by atoms with Crippen LogP contribution in [0.4, 0.5) is 0 Å². The molecule has 0 fully saturated rings. The molecule has 0 aliphatic rings. The maximum absolute atomic E-state index is 7.50. The summed E-state index contributed by atoms with van der Waals surface area (Å²) in [6.45, 7) is 26.7. The van der Waals surface area contributed by atoms with Crippen molar-refractivity contribution in [1.29, 1.82) is 0 Å². The Kier molecular flexibility index (Phi) is 133. The summed E-state index contributed by atoms with van der Waals surface area (Å²) in [5.74, 6) is 5.26. The Hall–Kier alpha value is -0.364. The Morgan fingerprint density at radius 1 is 0.800 bits per heavy atom. The SMILES string of the molecule is Cc1c[c-]pcc1C.[C-]#[O+].[C-]#[O+].[C-]#[O+].[C-]#[O+].[C-]#[O+].[Li+].[W]. The molecule has 1 rings (SSSR count). The van der Waals surface area contributed by atoms with Crippen molar-refractivity contribution in [2.24, 2.45) is 0 Å². The van der Waals surface area contributed by atoms with Gasteiger partial charge in [0.25, 0.3) is 0 Å². The molecule has 5 nitrogen and oxygen atoms in total. The maximum Gasteiger partial charge on any atom is 1.00 e. The third-order valence-corrected chi connectivity index (χ3v) is 2.03. The first-order valence-corrected chi connectivity index (χ1v) is 4.58. The van der Waals surface area contributed by atoms with Crippen LogP contribution < -0.4 is 18.9 Å². The van der Waals surface area contributed by atoms with Crippen LogP contribution in [0.25, 0.3) is 0 Å². The summed E-state index contributed by atoms with van der Waals surface area (Å²) in [6.07, 6.45) is 0. The number of aryl methyl sites for hydroxylation is 2. The largest absolute Gasteiger partial charge is 1.00 e. The van der Waals surface area contributed by atoms with E-state index < -0.39 is 0 Å². The Morgan fingerprint density at radius 2 is 1.10 bits per heavy atom. The summed E-state index contributed by atoms with van der Waals surface area (Å²) in [4.78, 5) is 0. The molecular formula is C12H8LiO5PW. The van der Waals surface area contributed by atoms with Crippen molar-refractivity contribution < 1.29 is 63.2 Å².